The van der Waals surface area contributed by atoms with Crippen LogP contribution in [0.3, 0.4) is 0 Å². The van der Waals surface area contributed by atoms with Crippen molar-refractivity contribution < 1.29 is 18.9 Å². The van der Waals surface area contributed by atoms with Gasteiger partial charge in [0.1, 0.15) is 6.10 Å². The summed E-state index contributed by atoms with van der Waals surface area (Å²) in [6.07, 6.45) is 0.451. The average molecular weight is 260 g/mol. The predicted octanol–water partition coefficient (Wildman–Crippen LogP) is 1.77. The zero-order valence-electron chi connectivity index (χ0n) is 10.8. The van der Waals surface area contributed by atoms with Crippen LogP contribution in [0.4, 0.5) is 0 Å². The van der Waals surface area contributed by atoms with Crippen LogP contribution in [0.2, 0.25) is 0 Å². The number of hydrogen-bond acceptors (Lipinski definition) is 5. The second-order valence-electron chi connectivity index (χ2n) is 5.80. The third-order valence-electron chi connectivity index (χ3n) is 3.40. The summed E-state index contributed by atoms with van der Waals surface area (Å²) in [4.78, 5) is 0. The number of fused-ring (bicyclic) bond motifs is 1. The quantitative estimate of drug-likeness (QED) is 0.718. The van der Waals surface area contributed by atoms with E-state index in [0.717, 1.165) is 5.75 Å². The first-order valence-corrected chi connectivity index (χ1v) is 7.20. The van der Waals surface area contributed by atoms with Crippen LogP contribution >= 0.6 is 11.8 Å². The maximum Gasteiger partial charge on any atom is 0.163 e. The van der Waals surface area contributed by atoms with Gasteiger partial charge in [-0.3, -0.25) is 0 Å². The predicted molar refractivity (Wildman–Crippen MR) is 65.0 cm³/mol. The fourth-order valence-electron chi connectivity index (χ4n) is 2.77. The van der Waals surface area contributed by atoms with Gasteiger partial charge in [-0.25, -0.2) is 0 Å². The molecule has 0 N–H and O–H groups in total. The van der Waals surface area contributed by atoms with Gasteiger partial charge in [0.2, 0.25) is 0 Å². The Morgan fingerprint density at radius 1 is 0.941 bits per heavy atom. The lowest BCUT2D eigenvalue weighted by molar-refractivity contribution is -0.154. The van der Waals surface area contributed by atoms with Gasteiger partial charge in [0.05, 0.1) is 24.1 Å². The lowest BCUT2D eigenvalue weighted by Gasteiger charge is -2.25. The fraction of sp³-hybridized carbons (Fsp3) is 1.00. The van der Waals surface area contributed by atoms with Gasteiger partial charge in [-0.05, 0) is 27.7 Å². The van der Waals surface area contributed by atoms with Gasteiger partial charge in [-0.2, -0.15) is 11.8 Å². The first-order chi connectivity index (χ1) is 7.86. The highest BCUT2D eigenvalue weighted by Gasteiger charge is 2.54. The van der Waals surface area contributed by atoms with Gasteiger partial charge in [-0.15, -0.1) is 0 Å². The Bertz CT molecular complexity index is 318. The van der Waals surface area contributed by atoms with E-state index in [1.54, 1.807) is 0 Å². The summed E-state index contributed by atoms with van der Waals surface area (Å²) in [5.41, 5.74) is 0. The van der Waals surface area contributed by atoms with Crippen molar-refractivity contribution in [2.75, 3.05) is 12.4 Å². The normalized spacial score (nSPS) is 47.3. The molecule has 98 valence electrons. The van der Waals surface area contributed by atoms with E-state index in [-0.39, 0.29) is 18.3 Å². The van der Waals surface area contributed by atoms with Crippen LogP contribution in [0, 0.1) is 0 Å². The van der Waals surface area contributed by atoms with E-state index in [1.165, 1.54) is 0 Å². The zero-order valence-corrected chi connectivity index (χ0v) is 11.6. The molecule has 0 radical (unpaired) electrons. The minimum Gasteiger partial charge on any atom is -0.348 e. The highest BCUT2D eigenvalue weighted by molar-refractivity contribution is 8.00. The molecule has 3 fully saturated rings. The minimum absolute atomic E-state index is 0.113. The second kappa shape index (κ2) is 3.84. The monoisotopic (exact) mass is 260 g/mol. The van der Waals surface area contributed by atoms with Crippen molar-refractivity contribution in [3.05, 3.63) is 0 Å². The number of hydrogen-bond donors (Lipinski definition) is 0. The molecule has 3 saturated heterocycles. The van der Waals surface area contributed by atoms with E-state index >= 15 is 0 Å². The molecule has 3 rings (SSSR count). The maximum absolute atomic E-state index is 5.99. The molecular formula is C12H20O4S. The molecule has 17 heavy (non-hydrogen) atoms. The van der Waals surface area contributed by atoms with Crippen LogP contribution in [0.5, 0.6) is 0 Å². The standard InChI is InChI=1S/C12H20O4S/c1-11(2)13-5-7(14-11)10-9-8(6-17-10)15-12(3,4)16-9/h7-10H,5-6H2,1-4H3/t7?,8?,9-,10+/m0/s1. The van der Waals surface area contributed by atoms with Crippen molar-refractivity contribution in [3.8, 4) is 0 Å². The highest BCUT2D eigenvalue weighted by Crippen LogP contribution is 2.44. The maximum atomic E-state index is 5.99. The molecule has 3 aliphatic rings. The molecule has 3 aliphatic heterocycles. The average Bonchev–Trinajstić information content (AvgIpc) is 2.77. The lowest BCUT2D eigenvalue weighted by Crippen LogP contribution is -2.38. The Kier molecular flexibility index (Phi) is 2.76. The molecule has 0 spiro atoms. The number of ether oxygens (including phenoxy) is 4. The van der Waals surface area contributed by atoms with E-state index in [9.17, 15) is 0 Å². The van der Waals surface area contributed by atoms with Crippen LogP contribution in [-0.2, 0) is 18.9 Å². The summed E-state index contributed by atoms with van der Waals surface area (Å²) < 4.78 is 23.4. The molecular weight excluding hydrogens is 240 g/mol. The highest BCUT2D eigenvalue weighted by atomic mass is 32.2. The molecule has 0 aromatic heterocycles. The molecule has 0 bridgehead atoms. The molecule has 5 heteroatoms. The number of rotatable bonds is 1. The van der Waals surface area contributed by atoms with E-state index < -0.39 is 11.6 Å². The molecule has 3 heterocycles. The topological polar surface area (TPSA) is 36.9 Å². The lowest BCUT2D eigenvalue weighted by atomic mass is 10.1. The molecule has 2 unspecified atom stereocenters. The first-order valence-electron chi connectivity index (χ1n) is 6.15. The molecule has 0 aliphatic carbocycles. The third kappa shape index (κ3) is 2.24. The number of thioether (sulfide) groups is 1. The Labute approximate surface area is 106 Å². The molecule has 4 nitrogen and oxygen atoms in total. The van der Waals surface area contributed by atoms with Crippen LogP contribution in [0.1, 0.15) is 27.7 Å². The summed E-state index contributed by atoms with van der Waals surface area (Å²) >= 11 is 1.88. The zero-order chi connectivity index (χ0) is 12.3. The molecule has 0 amide bonds. The van der Waals surface area contributed by atoms with E-state index in [4.69, 9.17) is 18.9 Å². The van der Waals surface area contributed by atoms with Crippen LogP contribution < -0.4 is 0 Å². The van der Waals surface area contributed by atoms with E-state index in [2.05, 4.69) is 0 Å². The Balaban J connectivity index is 1.70. The molecule has 0 aromatic carbocycles. The van der Waals surface area contributed by atoms with E-state index in [0.29, 0.717) is 11.9 Å². The molecule has 4 atom stereocenters. The van der Waals surface area contributed by atoms with Gasteiger partial charge in [0.15, 0.2) is 11.6 Å². The third-order valence-corrected chi connectivity index (χ3v) is 4.87. The van der Waals surface area contributed by atoms with Gasteiger partial charge in [0, 0.05) is 5.75 Å². The van der Waals surface area contributed by atoms with Gasteiger partial charge in [0.25, 0.3) is 0 Å². The van der Waals surface area contributed by atoms with Crippen molar-refractivity contribution in [1.29, 1.82) is 0 Å². The first kappa shape index (κ1) is 12.2. The Hall–Kier alpha value is 0.190. The minimum atomic E-state index is -0.460. The largest absolute Gasteiger partial charge is 0.348 e. The molecule has 0 saturated carbocycles. The van der Waals surface area contributed by atoms with Crippen molar-refractivity contribution in [2.45, 2.75) is 62.8 Å². The summed E-state index contributed by atoms with van der Waals surface area (Å²) in [5.74, 6) is 0.0703. The van der Waals surface area contributed by atoms with Gasteiger partial charge < -0.3 is 18.9 Å². The van der Waals surface area contributed by atoms with Gasteiger partial charge >= 0.3 is 0 Å². The van der Waals surface area contributed by atoms with Crippen molar-refractivity contribution >= 4 is 11.8 Å². The summed E-state index contributed by atoms with van der Waals surface area (Å²) in [5, 5.41) is 0.323. The Morgan fingerprint density at radius 3 is 2.29 bits per heavy atom. The van der Waals surface area contributed by atoms with Crippen LogP contribution in [0.25, 0.3) is 0 Å². The van der Waals surface area contributed by atoms with E-state index in [1.807, 2.05) is 39.5 Å². The smallest absolute Gasteiger partial charge is 0.163 e. The van der Waals surface area contributed by atoms with Crippen molar-refractivity contribution in [1.82, 2.24) is 0 Å². The Morgan fingerprint density at radius 2 is 1.65 bits per heavy atom. The van der Waals surface area contributed by atoms with Crippen molar-refractivity contribution in [3.63, 3.8) is 0 Å². The second-order valence-corrected chi connectivity index (χ2v) is 7.01. The van der Waals surface area contributed by atoms with Gasteiger partial charge in [-0.1, -0.05) is 0 Å². The SMILES string of the molecule is CC1(C)OCC([C@H]2SCC3OC(C)(C)O[C@@H]32)O1. The van der Waals surface area contributed by atoms with Crippen LogP contribution in [-0.4, -0.2) is 47.5 Å². The summed E-state index contributed by atoms with van der Waals surface area (Å²) in [7, 11) is 0. The van der Waals surface area contributed by atoms with Crippen LogP contribution in [0.15, 0.2) is 0 Å². The van der Waals surface area contributed by atoms with Crippen molar-refractivity contribution in [2.24, 2.45) is 0 Å². The fourth-order valence-corrected chi connectivity index (χ4v) is 4.21. The summed E-state index contributed by atoms with van der Waals surface area (Å²) in [6.45, 7) is 8.52. The molecule has 0 aromatic rings. The summed E-state index contributed by atoms with van der Waals surface area (Å²) in [6, 6.07) is 0.